The molecule has 244 valence electrons. The van der Waals surface area contributed by atoms with Gasteiger partial charge in [-0.05, 0) is 71.8 Å². The first-order valence-electron chi connectivity index (χ1n) is 15.2. The van der Waals surface area contributed by atoms with E-state index in [9.17, 15) is 19.2 Å². The Balaban J connectivity index is 1.82. The van der Waals surface area contributed by atoms with Crippen LogP contribution in [0.5, 0.6) is 17.2 Å². The Morgan fingerprint density at radius 2 is 1.59 bits per heavy atom. The number of hydrogen-bond donors (Lipinski definition) is 4. The van der Waals surface area contributed by atoms with Crippen molar-refractivity contribution < 1.29 is 28.6 Å². The molecule has 1 aliphatic rings. The van der Waals surface area contributed by atoms with Crippen molar-refractivity contribution in [1.82, 2.24) is 5.32 Å². The molecule has 0 fully saturated rings. The average Bonchev–Trinajstić information content (AvgIpc) is 3.26. The average molecular weight is 631 g/mol. The van der Waals surface area contributed by atoms with Crippen LogP contribution in [0.3, 0.4) is 0 Å². The minimum absolute atomic E-state index is 0.147. The van der Waals surface area contributed by atoms with Crippen LogP contribution in [0.1, 0.15) is 57.7 Å². The topological polar surface area (TPSA) is 144 Å². The van der Waals surface area contributed by atoms with Crippen molar-refractivity contribution in [3.05, 3.63) is 69.9 Å². The number of hydrogen-bond acceptors (Lipinski definition) is 8. The lowest BCUT2D eigenvalue weighted by molar-refractivity contribution is -0.120. The van der Waals surface area contributed by atoms with Crippen LogP contribution in [0, 0.1) is 5.92 Å². The molecule has 0 unspecified atom stereocenters. The van der Waals surface area contributed by atoms with E-state index in [1.807, 2.05) is 26.0 Å². The highest BCUT2D eigenvalue weighted by Gasteiger charge is 2.30. The Hall–Kier alpha value is -5.06. The molecule has 3 amide bonds. The summed E-state index contributed by atoms with van der Waals surface area (Å²) in [5.41, 5.74) is 3.90. The van der Waals surface area contributed by atoms with E-state index in [1.54, 1.807) is 44.6 Å². The van der Waals surface area contributed by atoms with Crippen LogP contribution in [0.15, 0.2) is 53.3 Å². The molecule has 0 aliphatic heterocycles. The van der Waals surface area contributed by atoms with E-state index in [0.29, 0.717) is 59.0 Å². The largest absolute Gasteiger partial charge is 0.493 e. The zero-order chi connectivity index (χ0) is 33.5. The van der Waals surface area contributed by atoms with Crippen molar-refractivity contribution in [2.75, 3.05) is 37.3 Å². The Bertz CT molecular complexity index is 1690. The fraction of sp³-hybridized carbons (Fsp3) is 0.371. The molecule has 11 nitrogen and oxygen atoms in total. The quantitative estimate of drug-likeness (QED) is 0.224. The monoisotopic (exact) mass is 630 g/mol. The maximum absolute atomic E-state index is 13.9. The van der Waals surface area contributed by atoms with Gasteiger partial charge in [0.25, 0.3) is 0 Å². The molecule has 0 heterocycles. The SMILES string of the molecule is CC[C@H](C)[C@@H](Nc1ccc2c(cc1=O)[C@H](NC(C)=O)CCc1cc(OC)c(OC)c(OC)c1-2)C(=O)Nc1cccc(NC(C)=O)c1. The van der Waals surface area contributed by atoms with Crippen molar-refractivity contribution in [2.24, 2.45) is 5.92 Å². The zero-order valence-electron chi connectivity index (χ0n) is 27.3. The molecule has 0 spiro atoms. The van der Waals surface area contributed by atoms with Crippen LogP contribution in [0.25, 0.3) is 11.1 Å². The van der Waals surface area contributed by atoms with Gasteiger partial charge in [0.05, 0.1) is 33.1 Å². The van der Waals surface area contributed by atoms with E-state index < -0.39 is 12.1 Å². The van der Waals surface area contributed by atoms with E-state index >= 15 is 0 Å². The minimum atomic E-state index is -0.762. The van der Waals surface area contributed by atoms with Crippen LogP contribution < -0.4 is 40.9 Å². The Labute approximate surface area is 269 Å². The predicted molar refractivity (Wildman–Crippen MR) is 179 cm³/mol. The number of fused-ring (bicyclic) bond motifs is 3. The number of nitrogens with one attached hydrogen (secondary N) is 4. The standard InChI is InChI=1S/C35H42N4O7/c1-8-19(2)32(35(43)38-24-11-9-10-23(17-24)36-20(3)40)39-28-15-13-25-26(18-29(28)42)27(37-21(4)41)14-12-22-16-30(44-5)33(45-6)34(46-7)31(22)25/h9-11,13,15-19,27,32H,8,12,14H2,1-7H3,(H,36,40)(H,37,41)(H,38,43)(H,39,42)/t19-,27+,32+/m0/s1. The third-order valence-corrected chi connectivity index (χ3v) is 8.17. The smallest absolute Gasteiger partial charge is 0.247 e. The first-order chi connectivity index (χ1) is 22.0. The summed E-state index contributed by atoms with van der Waals surface area (Å²) in [7, 11) is 4.63. The second-order valence-corrected chi connectivity index (χ2v) is 11.4. The summed E-state index contributed by atoms with van der Waals surface area (Å²) in [6, 6.07) is 12.5. The second-order valence-electron chi connectivity index (χ2n) is 11.4. The number of benzene rings is 2. The lowest BCUT2D eigenvalue weighted by Gasteiger charge is -2.24. The van der Waals surface area contributed by atoms with Gasteiger partial charge in [0.15, 0.2) is 11.5 Å². The van der Waals surface area contributed by atoms with Gasteiger partial charge in [0.2, 0.25) is 28.9 Å². The minimum Gasteiger partial charge on any atom is -0.493 e. The molecule has 4 rings (SSSR count). The van der Waals surface area contributed by atoms with Crippen LogP contribution in [-0.2, 0) is 20.8 Å². The third-order valence-electron chi connectivity index (χ3n) is 8.17. The lowest BCUT2D eigenvalue weighted by atomic mass is 9.95. The van der Waals surface area contributed by atoms with E-state index in [4.69, 9.17) is 14.2 Å². The number of aryl methyl sites for hydroxylation is 1. The van der Waals surface area contributed by atoms with Gasteiger partial charge in [-0.3, -0.25) is 19.2 Å². The molecule has 0 saturated heterocycles. The fourth-order valence-corrected chi connectivity index (χ4v) is 5.79. The van der Waals surface area contributed by atoms with Gasteiger partial charge in [-0.15, -0.1) is 0 Å². The molecule has 3 atom stereocenters. The molecule has 0 bridgehead atoms. The van der Waals surface area contributed by atoms with Gasteiger partial charge >= 0.3 is 0 Å². The van der Waals surface area contributed by atoms with Crippen molar-refractivity contribution >= 4 is 34.8 Å². The first kappa shape index (κ1) is 33.8. The maximum Gasteiger partial charge on any atom is 0.247 e. The molecule has 3 aromatic rings. The fourth-order valence-electron chi connectivity index (χ4n) is 5.79. The Morgan fingerprint density at radius 3 is 2.20 bits per heavy atom. The number of rotatable bonds is 11. The summed E-state index contributed by atoms with van der Waals surface area (Å²) < 4.78 is 17.1. The summed E-state index contributed by atoms with van der Waals surface area (Å²) >= 11 is 0. The third kappa shape index (κ3) is 7.42. The van der Waals surface area contributed by atoms with Crippen LogP contribution in [0.4, 0.5) is 17.1 Å². The van der Waals surface area contributed by atoms with E-state index in [0.717, 1.165) is 11.1 Å². The van der Waals surface area contributed by atoms with E-state index in [2.05, 4.69) is 21.3 Å². The van der Waals surface area contributed by atoms with Gasteiger partial charge in [-0.1, -0.05) is 32.4 Å². The van der Waals surface area contributed by atoms with Crippen molar-refractivity contribution in [1.29, 1.82) is 0 Å². The highest BCUT2D eigenvalue weighted by atomic mass is 16.5. The second kappa shape index (κ2) is 14.8. The van der Waals surface area contributed by atoms with Gasteiger partial charge in [-0.2, -0.15) is 0 Å². The number of ether oxygens (including phenoxy) is 3. The molecule has 0 radical (unpaired) electrons. The number of amides is 3. The summed E-state index contributed by atoms with van der Waals surface area (Å²) in [5, 5.41) is 11.8. The Kier molecular flexibility index (Phi) is 10.9. The molecule has 0 saturated carbocycles. The molecule has 0 aromatic heterocycles. The Morgan fingerprint density at radius 1 is 0.891 bits per heavy atom. The van der Waals surface area contributed by atoms with Crippen molar-refractivity contribution in [3.63, 3.8) is 0 Å². The van der Waals surface area contributed by atoms with Crippen LogP contribution in [-0.4, -0.2) is 45.1 Å². The highest BCUT2D eigenvalue weighted by molar-refractivity contribution is 5.98. The molecular weight excluding hydrogens is 588 g/mol. The molecule has 46 heavy (non-hydrogen) atoms. The number of methoxy groups -OCH3 is 3. The van der Waals surface area contributed by atoms with Gasteiger partial charge in [0.1, 0.15) is 6.04 Å². The van der Waals surface area contributed by atoms with Crippen LogP contribution >= 0.6 is 0 Å². The first-order valence-corrected chi connectivity index (χ1v) is 15.2. The summed E-state index contributed by atoms with van der Waals surface area (Å²) in [4.78, 5) is 51.3. The lowest BCUT2D eigenvalue weighted by Crippen LogP contribution is -2.40. The number of anilines is 3. The van der Waals surface area contributed by atoms with Crippen molar-refractivity contribution in [2.45, 2.75) is 59.0 Å². The molecule has 11 heteroatoms. The van der Waals surface area contributed by atoms with Crippen LogP contribution in [0.2, 0.25) is 0 Å². The number of carbonyl (C=O) groups excluding carboxylic acids is 3. The predicted octanol–water partition coefficient (Wildman–Crippen LogP) is 5.29. The maximum atomic E-state index is 13.9. The van der Waals surface area contributed by atoms with Crippen molar-refractivity contribution in [3.8, 4) is 28.4 Å². The van der Waals surface area contributed by atoms with E-state index in [-0.39, 0.29) is 34.8 Å². The summed E-state index contributed by atoms with van der Waals surface area (Å²) in [5.74, 6) is 0.448. The van der Waals surface area contributed by atoms with Gasteiger partial charge in [-0.25, -0.2) is 0 Å². The van der Waals surface area contributed by atoms with E-state index in [1.165, 1.54) is 27.0 Å². The zero-order valence-corrected chi connectivity index (χ0v) is 27.3. The molecular formula is C35H42N4O7. The molecule has 4 N–H and O–H groups in total. The van der Waals surface area contributed by atoms with Gasteiger partial charge in [0, 0.05) is 30.8 Å². The number of carbonyl (C=O) groups is 3. The molecule has 3 aromatic carbocycles. The molecule has 1 aliphatic carbocycles. The summed E-state index contributed by atoms with van der Waals surface area (Å²) in [6.07, 6.45) is 1.77. The van der Waals surface area contributed by atoms with Gasteiger partial charge < -0.3 is 35.5 Å². The highest BCUT2D eigenvalue weighted by Crippen LogP contribution is 2.50. The normalized spacial score (nSPS) is 14.7. The summed E-state index contributed by atoms with van der Waals surface area (Å²) in [6.45, 7) is 6.76.